The van der Waals surface area contributed by atoms with Gasteiger partial charge in [0.15, 0.2) is 0 Å². The van der Waals surface area contributed by atoms with E-state index < -0.39 is 0 Å². The van der Waals surface area contributed by atoms with Crippen molar-refractivity contribution in [3.63, 3.8) is 0 Å². The third kappa shape index (κ3) is 4.91. The molecule has 2 aromatic heterocycles. The summed E-state index contributed by atoms with van der Waals surface area (Å²) in [4.78, 5) is 2.48. The molecule has 0 unspecified atom stereocenters. The molecule has 0 radical (unpaired) electrons. The lowest BCUT2D eigenvalue weighted by molar-refractivity contribution is 0.669. The Balaban J connectivity index is 1.27. The molecule has 0 aliphatic rings. The number of rotatable bonds is 6. The van der Waals surface area contributed by atoms with E-state index in [-0.39, 0.29) is 0 Å². The smallest absolute Gasteiger partial charge is 0.137 e. The van der Waals surface area contributed by atoms with Gasteiger partial charge in [0.05, 0.1) is 33.5 Å². The Kier molecular flexibility index (Phi) is 7.17. The van der Waals surface area contributed by atoms with Crippen LogP contribution in [0.1, 0.15) is 0 Å². The predicted octanol–water partition coefficient (Wildman–Crippen LogP) is 14.6. The van der Waals surface area contributed by atoms with Gasteiger partial charge in [0.2, 0.25) is 0 Å². The maximum atomic E-state index is 6.54. The maximum absolute atomic E-state index is 6.54. The first kappa shape index (κ1) is 31.2. The monoisotopic (exact) mass is 702 g/mol. The SMILES string of the molecule is c1ccc(-c2cccc3cccc(-c4ccccc4N(c4cccc5oc6ccccc6c45)c4cccc5c4c4ccccc4n5-c4ccccc4)c23)cc1. The van der Waals surface area contributed by atoms with Gasteiger partial charge in [-0.2, -0.15) is 0 Å². The predicted molar refractivity (Wildman–Crippen MR) is 231 cm³/mol. The first-order valence-corrected chi connectivity index (χ1v) is 18.8. The number of hydrogen-bond acceptors (Lipinski definition) is 2. The van der Waals surface area contributed by atoms with Crippen LogP contribution in [0.4, 0.5) is 17.1 Å². The van der Waals surface area contributed by atoms with Crippen molar-refractivity contribution < 1.29 is 4.42 Å². The van der Waals surface area contributed by atoms with Crippen molar-refractivity contribution in [3.8, 4) is 27.9 Å². The fourth-order valence-electron chi connectivity index (χ4n) is 8.69. The summed E-state index contributed by atoms with van der Waals surface area (Å²) in [5, 5.41) is 6.99. The van der Waals surface area contributed by atoms with Gasteiger partial charge in [0.25, 0.3) is 0 Å². The van der Waals surface area contributed by atoms with Crippen LogP contribution in [-0.4, -0.2) is 4.57 Å². The number of furan rings is 1. The molecule has 0 aliphatic heterocycles. The Morgan fingerprint density at radius 1 is 0.345 bits per heavy atom. The molecule has 0 fully saturated rings. The van der Waals surface area contributed by atoms with Crippen LogP contribution in [0.25, 0.3) is 82.5 Å². The van der Waals surface area contributed by atoms with Crippen LogP contribution in [-0.2, 0) is 0 Å². The second kappa shape index (κ2) is 12.6. The highest BCUT2D eigenvalue weighted by molar-refractivity contribution is 6.20. The number of fused-ring (bicyclic) bond motifs is 7. The average molecular weight is 703 g/mol. The summed E-state index contributed by atoms with van der Waals surface area (Å²) in [6.07, 6.45) is 0. The molecule has 2 heterocycles. The van der Waals surface area contributed by atoms with Crippen LogP contribution in [0, 0.1) is 0 Å². The molecule has 0 aliphatic carbocycles. The number of aromatic nitrogens is 1. The van der Waals surface area contributed by atoms with E-state index in [1.807, 2.05) is 6.07 Å². The van der Waals surface area contributed by atoms with E-state index in [9.17, 15) is 0 Å². The van der Waals surface area contributed by atoms with Gasteiger partial charge in [-0.3, -0.25) is 0 Å². The molecule has 3 nitrogen and oxygen atoms in total. The van der Waals surface area contributed by atoms with Gasteiger partial charge in [0, 0.05) is 27.4 Å². The van der Waals surface area contributed by atoms with Crippen molar-refractivity contribution >= 4 is 71.6 Å². The number of benzene rings is 9. The van der Waals surface area contributed by atoms with E-state index in [0.717, 1.165) is 61.3 Å². The fraction of sp³-hybridized carbons (Fsp3) is 0. The Morgan fingerprint density at radius 3 is 1.75 bits per heavy atom. The van der Waals surface area contributed by atoms with Crippen molar-refractivity contribution in [1.82, 2.24) is 4.57 Å². The average Bonchev–Trinajstić information content (AvgIpc) is 3.81. The van der Waals surface area contributed by atoms with Crippen LogP contribution < -0.4 is 4.90 Å². The molecule has 0 spiro atoms. The Morgan fingerprint density at radius 2 is 0.909 bits per heavy atom. The van der Waals surface area contributed by atoms with E-state index in [4.69, 9.17) is 4.42 Å². The van der Waals surface area contributed by atoms with Crippen LogP contribution in [0.2, 0.25) is 0 Å². The molecule has 0 amide bonds. The zero-order valence-electron chi connectivity index (χ0n) is 29.9. The van der Waals surface area contributed by atoms with Gasteiger partial charge in [-0.05, 0) is 82.1 Å². The van der Waals surface area contributed by atoms with E-state index in [2.05, 4.69) is 210 Å². The third-order valence-corrected chi connectivity index (χ3v) is 11.0. The molecule has 258 valence electrons. The number of nitrogens with zero attached hydrogens (tertiary/aromatic N) is 2. The summed E-state index contributed by atoms with van der Waals surface area (Å²) in [6.45, 7) is 0. The van der Waals surface area contributed by atoms with E-state index in [1.54, 1.807) is 0 Å². The first-order valence-electron chi connectivity index (χ1n) is 18.8. The van der Waals surface area contributed by atoms with Crippen molar-refractivity contribution in [2.45, 2.75) is 0 Å². The summed E-state index contributed by atoms with van der Waals surface area (Å²) in [6, 6.07) is 74.0. The van der Waals surface area contributed by atoms with Crippen LogP contribution in [0.15, 0.2) is 211 Å². The molecule has 55 heavy (non-hydrogen) atoms. The highest BCUT2D eigenvalue weighted by Crippen LogP contribution is 2.50. The van der Waals surface area contributed by atoms with Crippen molar-refractivity contribution in [3.05, 3.63) is 206 Å². The summed E-state index contributed by atoms with van der Waals surface area (Å²) >= 11 is 0. The Bertz CT molecular complexity index is 3200. The highest BCUT2D eigenvalue weighted by Gasteiger charge is 2.26. The third-order valence-electron chi connectivity index (χ3n) is 11.0. The molecule has 0 saturated carbocycles. The van der Waals surface area contributed by atoms with Gasteiger partial charge in [0.1, 0.15) is 11.2 Å². The minimum atomic E-state index is 0.858. The first-order chi connectivity index (χ1) is 27.3. The maximum Gasteiger partial charge on any atom is 0.137 e. The lowest BCUT2D eigenvalue weighted by Gasteiger charge is -2.29. The Hall–Kier alpha value is -7.36. The molecular formula is C52H34N2O. The van der Waals surface area contributed by atoms with Gasteiger partial charge in [-0.25, -0.2) is 0 Å². The normalized spacial score (nSPS) is 11.6. The molecule has 11 rings (SSSR count). The van der Waals surface area contributed by atoms with Gasteiger partial charge in [-0.1, -0.05) is 152 Å². The lowest BCUT2D eigenvalue weighted by Crippen LogP contribution is -2.12. The highest BCUT2D eigenvalue weighted by atomic mass is 16.3. The molecule has 0 bridgehead atoms. The lowest BCUT2D eigenvalue weighted by atomic mass is 9.90. The van der Waals surface area contributed by atoms with Crippen molar-refractivity contribution in [1.29, 1.82) is 0 Å². The number of hydrogen-bond donors (Lipinski definition) is 0. The zero-order chi connectivity index (χ0) is 36.3. The van der Waals surface area contributed by atoms with E-state index in [0.29, 0.717) is 0 Å². The minimum Gasteiger partial charge on any atom is -0.456 e. The van der Waals surface area contributed by atoms with Crippen LogP contribution >= 0.6 is 0 Å². The summed E-state index contributed by atoms with van der Waals surface area (Å²) in [5.41, 5.74) is 13.1. The van der Waals surface area contributed by atoms with Crippen LogP contribution in [0.5, 0.6) is 0 Å². The fourth-order valence-corrected chi connectivity index (χ4v) is 8.69. The molecule has 0 saturated heterocycles. The topological polar surface area (TPSA) is 21.3 Å². The summed E-state index contributed by atoms with van der Waals surface area (Å²) < 4.78 is 8.93. The molecular weight excluding hydrogens is 669 g/mol. The number of anilines is 3. The van der Waals surface area contributed by atoms with Crippen molar-refractivity contribution in [2.75, 3.05) is 4.90 Å². The second-order valence-corrected chi connectivity index (χ2v) is 14.0. The van der Waals surface area contributed by atoms with Crippen molar-refractivity contribution in [2.24, 2.45) is 0 Å². The van der Waals surface area contributed by atoms with Gasteiger partial charge in [-0.15, -0.1) is 0 Å². The molecule has 0 N–H and O–H groups in total. The van der Waals surface area contributed by atoms with E-state index in [1.165, 1.54) is 38.2 Å². The second-order valence-electron chi connectivity index (χ2n) is 14.0. The summed E-state index contributed by atoms with van der Waals surface area (Å²) in [7, 11) is 0. The van der Waals surface area contributed by atoms with Gasteiger partial charge >= 0.3 is 0 Å². The summed E-state index contributed by atoms with van der Waals surface area (Å²) in [5.74, 6) is 0. The molecule has 9 aromatic carbocycles. The van der Waals surface area contributed by atoms with Crippen LogP contribution in [0.3, 0.4) is 0 Å². The minimum absolute atomic E-state index is 0.858. The van der Waals surface area contributed by atoms with Gasteiger partial charge < -0.3 is 13.9 Å². The molecule has 11 aromatic rings. The van der Waals surface area contributed by atoms with E-state index >= 15 is 0 Å². The molecule has 0 atom stereocenters. The molecule has 3 heteroatoms. The standard InChI is InChI=1S/C52H34N2O/c1-3-17-35(18-4-1)38-26-13-19-36-20-14-27-40(50(36)38)39-23-7-10-28-43(39)54(47-32-16-34-49-52(47)42-25-9-12-33-48(42)55-49)46-31-15-30-45-51(46)41-24-8-11-29-44(41)53(45)37-21-5-2-6-22-37/h1-34H. The Labute approximate surface area is 318 Å². The number of para-hydroxylation sites is 4. The zero-order valence-corrected chi connectivity index (χ0v) is 29.9. The largest absolute Gasteiger partial charge is 0.456 e. The quantitative estimate of drug-likeness (QED) is 0.172.